The summed E-state index contributed by atoms with van der Waals surface area (Å²) in [6.07, 6.45) is 3.80. The van der Waals surface area contributed by atoms with Crippen molar-refractivity contribution in [3.8, 4) is 5.69 Å². The summed E-state index contributed by atoms with van der Waals surface area (Å²) in [7, 11) is 0. The van der Waals surface area contributed by atoms with Gasteiger partial charge in [-0.05, 0) is 55.3 Å². The molecule has 2 aromatic carbocycles. The maximum atomic E-state index is 13.2. The molecule has 30 heavy (non-hydrogen) atoms. The van der Waals surface area contributed by atoms with E-state index in [0.717, 1.165) is 16.8 Å². The van der Waals surface area contributed by atoms with Crippen molar-refractivity contribution in [2.24, 2.45) is 0 Å². The van der Waals surface area contributed by atoms with Gasteiger partial charge < -0.3 is 5.32 Å². The van der Waals surface area contributed by atoms with Crippen LogP contribution in [-0.4, -0.2) is 25.1 Å². The summed E-state index contributed by atoms with van der Waals surface area (Å²) in [5, 5.41) is 10.7. The first kappa shape index (κ1) is 19.5. The van der Waals surface area contributed by atoms with E-state index in [2.05, 4.69) is 15.5 Å². The van der Waals surface area contributed by atoms with Crippen LogP contribution in [0.4, 0.5) is 10.1 Å². The van der Waals surface area contributed by atoms with E-state index >= 15 is 0 Å². The average Bonchev–Trinajstić information content (AvgIpc) is 3.10. The number of aromatic nitrogens is 4. The van der Waals surface area contributed by atoms with Crippen LogP contribution in [0.25, 0.3) is 11.3 Å². The van der Waals surface area contributed by atoms with Crippen molar-refractivity contribution in [2.45, 2.75) is 26.7 Å². The SMILES string of the molecule is Cc1cc(C)cc(-n2ccn3c(CCC(=O)Nc4cccc(F)c4)nnc3c2=O)c1. The van der Waals surface area contributed by atoms with Gasteiger partial charge in [0.15, 0.2) is 0 Å². The lowest BCUT2D eigenvalue weighted by Crippen LogP contribution is -2.20. The third kappa shape index (κ3) is 3.98. The van der Waals surface area contributed by atoms with E-state index in [4.69, 9.17) is 0 Å². The van der Waals surface area contributed by atoms with Crippen LogP contribution < -0.4 is 10.9 Å². The first-order valence-corrected chi connectivity index (χ1v) is 9.50. The van der Waals surface area contributed by atoms with Crippen molar-refractivity contribution in [3.05, 3.63) is 88.0 Å². The van der Waals surface area contributed by atoms with Crippen LogP contribution in [0.15, 0.2) is 59.7 Å². The van der Waals surface area contributed by atoms with E-state index in [1.807, 2.05) is 32.0 Å². The molecule has 152 valence electrons. The van der Waals surface area contributed by atoms with Gasteiger partial charge in [-0.3, -0.25) is 18.6 Å². The number of aryl methyl sites for hydroxylation is 3. The van der Waals surface area contributed by atoms with E-state index in [1.165, 1.54) is 22.8 Å². The number of rotatable bonds is 5. The summed E-state index contributed by atoms with van der Waals surface area (Å²) in [6, 6.07) is 11.6. The molecule has 7 nitrogen and oxygen atoms in total. The normalized spacial score (nSPS) is 11.0. The Hall–Kier alpha value is -3.81. The number of hydrogen-bond acceptors (Lipinski definition) is 4. The summed E-state index contributed by atoms with van der Waals surface area (Å²) in [6.45, 7) is 3.95. The van der Waals surface area contributed by atoms with Crippen LogP contribution in [0.5, 0.6) is 0 Å². The first-order chi connectivity index (χ1) is 14.4. The van der Waals surface area contributed by atoms with E-state index in [0.29, 0.717) is 11.5 Å². The molecule has 0 aliphatic heterocycles. The standard InChI is InChI=1S/C22H20FN5O2/c1-14-10-15(2)12-18(11-14)27-8-9-28-19(25-26-21(28)22(27)30)6-7-20(29)24-17-5-3-4-16(23)13-17/h3-5,8-13H,6-7H2,1-2H3,(H,24,29). The van der Waals surface area contributed by atoms with Crippen LogP contribution in [0.3, 0.4) is 0 Å². The summed E-state index contributed by atoms with van der Waals surface area (Å²) >= 11 is 0. The Balaban J connectivity index is 1.54. The van der Waals surface area contributed by atoms with E-state index in [-0.39, 0.29) is 30.0 Å². The molecule has 2 aromatic heterocycles. The third-order valence-corrected chi connectivity index (χ3v) is 4.71. The van der Waals surface area contributed by atoms with Gasteiger partial charge in [0.2, 0.25) is 11.6 Å². The van der Waals surface area contributed by atoms with Crippen LogP contribution in [-0.2, 0) is 11.2 Å². The average molecular weight is 405 g/mol. The quantitative estimate of drug-likeness (QED) is 0.553. The van der Waals surface area contributed by atoms with Crippen molar-refractivity contribution in [1.82, 2.24) is 19.2 Å². The molecular formula is C22H20FN5O2. The van der Waals surface area contributed by atoms with Crippen molar-refractivity contribution >= 4 is 17.2 Å². The molecule has 1 amide bonds. The summed E-state index contributed by atoms with van der Waals surface area (Å²) < 4.78 is 16.4. The number of carbonyl (C=O) groups excluding carboxylic acids is 1. The number of halogens is 1. The Kier molecular flexibility index (Phi) is 5.14. The maximum absolute atomic E-state index is 13.2. The fraction of sp³-hybridized carbons (Fsp3) is 0.182. The molecule has 0 radical (unpaired) electrons. The van der Waals surface area contributed by atoms with E-state index in [9.17, 15) is 14.0 Å². The van der Waals surface area contributed by atoms with Crippen LogP contribution >= 0.6 is 0 Å². The lowest BCUT2D eigenvalue weighted by molar-refractivity contribution is -0.116. The van der Waals surface area contributed by atoms with Crippen molar-refractivity contribution in [1.29, 1.82) is 0 Å². The van der Waals surface area contributed by atoms with Crippen molar-refractivity contribution in [3.63, 3.8) is 0 Å². The molecule has 0 aliphatic carbocycles. The molecule has 0 bridgehead atoms. The number of amides is 1. The molecule has 8 heteroatoms. The molecule has 0 atom stereocenters. The van der Waals surface area contributed by atoms with Gasteiger partial charge in [0.05, 0.1) is 0 Å². The predicted octanol–water partition coefficient (Wildman–Crippen LogP) is 3.21. The fourth-order valence-corrected chi connectivity index (χ4v) is 3.41. The monoisotopic (exact) mass is 405 g/mol. The van der Waals surface area contributed by atoms with Gasteiger partial charge >= 0.3 is 5.56 Å². The van der Waals surface area contributed by atoms with Gasteiger partial charge in [-0.25, -0.2) is 4.39 Å². The minimum atomic E-state index is -0.420. The van der Waals surface area contributed by atoms with Crippen molar-refractivity contribution < 1.29 is 9.18 Å². The summed E-state index contributed by atoms with van der Waals surface area (Å²) in [5.74, 6) is -0.193. The van der Waals surface area contributed by atoms with Crippen LogP contribution in [0.2, 0.25) is 0 Å². The number of carbonyl (C=O) groups is 1. The second kappa shape index (κ2) is 7.90. The second-order valence-corrected chi connectivity index (χ2v) is 7.19. The number of benzene rings is 2. The maximum Gasteiger partial charge on any atom is 0.300 e. The van der Waals surface area contributed by atoms with Gasteiger partial charge in [0.1, 0.15) is 11.6 Å². The molecule has 0 spiro atoms. The Bertz CT molecular complexity index is 1290. The van der Waals surface area contributed by atoms with Crippen LogP contribution in [0, 0.1) is 19.7 Å². The number of hydrogen-bond donors (Lipinski definition) is 1. The number of nitrogens with zero attached hydrogens (tertiary/aromatic N) is 4. The zero-order chi connectivity index (χ0) is 21.3. The topological polar surface area (TPSA) is 81.3 Å². The Morgan fingerprint density at radius 1 is 1.07 bits per heavy atom. The molecule has 2 heterocycles. The smallest absolute Gasteiger partial charge is 0.300 e. The van der Waals surface area contributed by atoms with E-state index < -0.39 is 5.82 Å². The van der Waals surface area contributed by atoms with Gasteiger partial charge in [-0.1, -0.05) is 12.1 Å². The highest BCUT2D eigenvalue weighted by atomic mass is 19.1. The highest BCUT2D eigenvalue weighted by Gasteiger charge is 2.13. The molecule has 0 aliphatic rings. The third-order valence-electron chi connectivity index (χ3n) is 4.71. The minimum absolute atomic E-state index is 0.122. The highest BCUT2D eigenvalue weighted by molar-refractivity contribution is 5.90. The Labute approximate surface area is 171 Å². The van der Waals surface area contributed by atoms with E-state index in [1.54, 1.807) is 22.9 Å². The fourth-order valence-electron chi connectivity index (χ4n) is 3.41. The minimum Gasteiger partial charge on any atom is -0.326 e. The predicted molar refractivity (Wildman–Crippen MR) is 111 cm³/mol. The van der Waals surface area contributed by atoms with Gasteiger partial charge in [0, 0.05) is 36.6 Å². The lowest BCUT2D eigenvalue weighted by atomic mass is 10.1. The second-order valence-electron chi connectivity index (χ2n) is 7.19. The number of nitrogens with one attached hydrogen (secondary N) is 1. The number of anilines is 1. The molecule has 0 saturated carbocycles. The molecular weight excluding hydrogens is 385 g/mol. The molecule has 0 saturated heterocycles. The summed E-state index contributed by atoms with van der Waals surface area (Å²) in [5.41, 5.74) is 3.18. The van der Waals surface area contributed by atoms with Gasteiger partial charge in [0.25, 0.3) is 0 Å². The molecule has 1 N–H and O–H groups in total. The Morgan fingerprint density at radius 2 is 1.83 bits per heavy atom. The largest absolute Gasteiger partial charge is 0.326 e. The zero-order valence-corrected chi connectivity index (χ0v) is 16.6. The van der Waals surface area contributed by atoms with Crippen LogP contribution in [0.1, 0.15) is 23.4 Å². The summed E-state index contributed by atoms with van der Waals surface area (Å²) in [4.78, 5) is 25.1. The molecule has 0 unspecified atom stereocenters. The zero-order valence-electron chi connectivity index (χ0n) is 16.6. The van der Waals surface area contributed by atoms with Crippen molar-refractivity contribution in [2.75, 3.05) is 5.32 Å². The molecule has 0 fully saturated rings. The number of fused-ring (bicyclic) bond motifs is 1. The van der Waals surface area contributed by atoms with Gasteiger partial charge in [-0.15, -0.1) is 10.2 Å². The lowest BCUT2D eigenvalue weighted by Gasteiger charge is -2.09. The van der Waals surface area contributed by atoms with Gasteiger partial charge in [-0.2, -0.15) is 0 Å². The first-order valence-electron chi connectivity index (χ1n) is 9.50. The molecule has 4 aromatic rings. The Morgan fingerprint density at radius 3 is 2.57 bits per heavy atom. The molecule has 4 rings (SSSR count). The highest BCUT2D eigenvalue weighted by Crippen LogP contribution is 2.13.